The average molecular weight is 191 g/mol. The van der Waals surface area contributed by atoms with E-state index in [1.165, 1.54) is 11.1 Å². The van der Waals surface area contributed by atoms with Crippen molar-refractivity contribution < 1.29 is 4.74 Å². The van der Waals surface area contributed by atoms with Crippen LogP contribution in [0.5, 0.6) is 0 Å². The zero-order valence-corrected chi connectivity index (χ0v) is 8.62. The van der Waals surface area contributed by atoms with Gasteiger partial charge in [0.25, 0.3) is 0 Å². The first kappa shape index (κ1) is 9.53. The molecule has 1 saturated heterocycles. The van der Waals surface area contributed by atoms with Gasteiger partial charge in [-0.2, -0.15) is 0 Å². The monoisotopic (exact) mass is 191 g/mol. The molecule has 2 N–H and O–H groups in total. The number of nitrogen functional groups attached to an aromatic ring is 1. The van der Waals surface area contributed by atoms with Crippen LogP contribution in [-0.4, -0.2) is 13.2 Å². The first-order chi connectivity index (χ1) is 6.79. The van der Waals surface area contributed by atoms with Crippen molar-refractivity contribution in [2.45, 2.75) is 25.7 Å². The summed E-state index contributed by atoms with van der Waals surface area (Å²) in [6.45, 7) is 3.89. The van der Waals surface area contributed by atoms with E-state index in [-0.39, 0.29) is 0 Å². The minimum atomic E-state index is 0.602. The van der Waals surface area contributed by atoms with Gasteiger partial charge in [0.05, 0.1) is 0 Å². The van der Waals surface area contributed by atoms with Crippen LogP contribution in [0.2, 0.25) is 0 Å². The maximum Gasteiger partial charge on any atom is 0.0471 e. The van der Waals surface area contributed by atoms with Crippen molar-refractivity contribution in [3.63, 3.8) is 0 Å². The molecule has 1 heterocycles. The quantitative estimate of drug-likeness (QED) is 0.692. The van der Waals surface area contributed by atoms with Gasteiger partial charge in [0.2, 0.25) is 0 Å². The maximum atomic E-state index is 6.01. The largest absolute Gasteiger partial charge is 0.398 e. The number of benzene rings is 1. The third kappa shape index (κ3) is 1.75. The predicted octanol–water partition coefficient (Wildman–Crippen LogP) is 2.47. The van der Waals surface area contributed by atoms with Gasteiger partial charge in [-0.1, -0.05) is 12.1 Å². The van der Waals surface area contributed by atoms with E-state index in [1.54, 1.807) is 0 Å². The van der Waals surface area contributed by atoms with Crippen molar-refractivity contribution in [3.05, 3.63) is 29.3 Å². The smallest absolute Gasteiger partial charge is 0.0471 e. The Balaban J connectivity index is 2.29. The summed E-state index contributed by atoms with van der Waals surface area (Å²) < 4.78 is 5.36. The van der Waals surface area contributed by atoms with Crippen LogP contribution in [0, 0.1) is 6.92 Å². The number of rotatable bonds is 1. The molecule has 2 rings (SSSR count). The van der Waals surface area contributed by atoms with Gasteiger partial charge in [-0.25, -0.2) is 0 Å². The zero-order valence-electron chi connectivity index (χ0n) is 8.62. The van der Waals surface area contributed by atoms with E-state index in [9.17, 15) is 0 Å². The lowest BCUT2D eigenvalue weighted by molar-refractivity contribution is 0.0853. The standard InChI is InChI=1S/C12H17NO/c1-9-3-2-4-11(13)12(9)10-5-7-14-8-6-10/h2-4,10H,5-8,13H2,1H3. The highest BCUT2D eigenvalue weighted by atomic mass is 16.5. The van der Waals surface area contributed by atoms with Crippen molar-refractivity contribution in [1.82, 2.24) is 0 Å². The molecule has 2 heteroatoms. The van der Waals surface area contributed by atoms with Crippen molar-refractivity contribution in [1.29, 1.82) is 0 Å². The highest BCUT2D eigenvalue weighted by molar-refractivity contribution is 5.52. The Labute approximate surface area is 85.1 Å². The van der Waals surface area contributed by atoms with Crippen LogP contribution in [-0.2, 0) is 4.74 Å². The van der Waals surface area contributed by atoms with Crippen molar-refractivity contribution in [2.75, 3.05) is 18.9 Å². The molecule has 1 aromatic carbocycles. The van der Waals surface area contributed by atoms with Gasteiger partial charge >= 0.3 is 0 Å². The van der Waals surface area contributed by atoms with Gasteiger partial charge in [0, 0.05) is 18.9 Å². The fourth-order valence-corrected chi connectivity index (χ4v) is 2.25. The Morgan fingerprint density at radius 1 is 1.29 bits per heavy atom. The molecular weight excluding hydrogens is 174 g/mol. The molecule has 1 aliphatic heterocycles. The first-order valence-electron chi connectivity index (χ1n) is 5.22. The number of hydrogen-bond donors (Lipinski definition) is 1. The minimum Gasteiger partial charge on any atom is -0.398 e. The molecule has 0 aliphatic carbocycles. The lowest BCUT2D eigenvalue weighted by Crippen LogP contribution is -2.16. The third-order valence-corrected chi connectivity index (χ3v) is 2.99. The normalized spacial score (nSPS) is 18.4. The van der Waals surface area contributed by atoms with E-state index in [0.29, 0.717) is 5.92 Å². The summed E-state index contributed by atoms with van der Waals surface area (Å²) in [7, 11) is 0. The van der Waals surface area contributed by atoms with Crippen LogP contribution in [0.1, 0.15) is 29.9 Å². The lowest BCUT2D eigenvalue weighted by Gasteiger charge is -2.25. The Kier molecular flexibility index (Phi) is 2.73. The predicted molar refractivity (Wildman–Crippen MR) is 58.4 cm³/mol. The minimum absolute atomic E-state index is 0.602. The van der Waals surface area contributed by atoms with E-state index in [1.807, 2.05) is 12.1 Å². The average Bonchev–Trinajstić information content (AvgIpc) is 2.19. The lowest BCUT2D eigenvalue weighted by atomic mass is 9.87. The van der Waals surface area contributed by atoms with Crippen LogP contribution < -0.4 is 5.73 Å². The number of anilines is 1. The van der Waals surface area contributed by atoms with Crippen molar-refractivity contribution in [2.24, 2.45) is 0 Å². The molecule has 0 bridgehead atoms. The van der Waals surface area contributed by atoms with Gasteiger partial charge in [0.15, 0.2) is 0 Å². The Hall–Kier alpha value is -1.02. The van der Waals surface area contributed by atoms with Crippen LogP contribution in [0.3, 0.4) is 0 Å². The Bertz CT molecular complexity index is 296. The highest BCUT2D eigenvalue weighted by Gasteiger charge is 2.19. The molecule has 1 aliphatic rings. The van der Waals surface area contributed by atoms with Gasteiger partial charge in [-0.3, -0.25) is 0 Å². The van der Waals surface area contributed by atoms with Gasteiger partial charge < -0.3 is 10.5 Å². The summed E-state index contributed by atoms with van der Waals surface area (Å²) in [6.07, 6.45) is 2.21. The van der Waals surface area contributed by atoms with Crippen LogP contribution >= 0.6 is 0 Å². The molecule has 0 aromatic heterocycles. The Morgan fingerprint density at radius 3 is 2.64 bits per heavy atom. The van der Waals surface area contributed by atoms with Gasteiger partial charge in [-0.05, 0) is 42.9 Å². The summed E-state index contributed by atoms with van der Waals surface area (Å²) in [6, 6.07) is 6.16. The van der Waals surface area contributed by atoms with Crippen LogP contribution in [0.25, 0.3) is 0 Å². The summed E-state index contributed by atoms with van der Waals surface area (Å²) in [5, 5.41) is 0. The second-order valence-corrected chi connectivity index (χ2v) is 3.96. The summed E-state index contributed by atoms with van der Waals surface area (Å²) in [4.78, 5) is 0. The first-order valence-corrected chi connectivity index (χ1v) is 5.22. The Morgan fingerprint density at radius 2 is 2.00 bits per heavy atom. The second kappa shape index (κ2) is 4.01. The van der Waals surface area contributed by atoms with Gasteiger partial charge in [-0.15, -0.1) is 0 Å². The number of hydrogen-bond acceptors (Lipinski definition) is 2. The molecule has 1 fully saturated rings. The molecule has 2 nitrogen and oxygen atoms in total. The molecule has 14 heavy (non-hydrogen) atoms. The molecule has 0 unspecified atom stereocenters. The third-order valence-electron chi connectivity index (χ3n) is 2.99. The summed E-state index contributed by atoms with van der Waals surface area (Å²) in [5.74, 6) is 0.602. The topological polar surface area (TPSA) is 35.2 Å². The number of nitrogens with two attached hydrogens (primary N) is 1. The maximum absolute atomic E-state index is 6.01. The van der Waals surface area contributed by atoms with Crippen molar-refractivity contribution in [3.8, 4) is 0 Å². The fraction of sp³-hybridized carbons (Fsp3) is 0.500. The highest BCUT2D eigenvalue weighted by Crippen LogP contribution is 2.32. The summed E-state index contributed by atoms with van der Waals surface area (Å²) in [5.41, 5.74) is 9.61. The molecule has 0 saturated carbocycles. The van der Waals surface area contributed by atoms with E-state index in [2.05, 4.69) is 13.0 Å². The molecule has 0 amide bonds. The summed E-state index contributed by atoms with van der Waals surface area (Å²) >= 11 is 0. The zero-order chi connectivity index (χ0) is 9.97. The van der Waals surface area contributed by atoms with Gasteiger partial charge in [0.1, 0.15) is 0 Å². The number of aryl methyl sites for hydroxylation is 1. The van der Waals surface area contributed by atoms with E-state index in [0.717, 1.165) is 31.7 Å². The molecule has 1 aromatic rings. The molecule has 0 atom stereocenters. The van der Waals surface area contributed by atoms with E-state index in [4.69, 9.17) is 10.5 Å². The molecule has 0 radical (unpaired) electrons. The fourth-order valence-electron chi connectivity index (χ4n) is 2.25. The molecular formula is C12H17NO. The number of ether oxygens (including phenoxy) is 1. The molecule has 0 spiro atoms. The molecule has 76 valence electrons. The van der Waals surface area contributed by atoms with E-state index >= 15 is 0 Å². The van der Waals surface area contributed by atoms with E-state index < -0.39 is 0 Å². The second-order valence-electron chi connectivity index (χ2n) is 3.96. The van der Waals surface area contributed by atoms with Crippen LogP contribution in [0.15, 0.2) is 18.2 Å². The van der Waals surface area contributed by atoms with Crippen LogP contribution in [0.4, 0.5) is 5.69 Å². The van der Waals surface area contributed by atoms with Crippen molar-refractivity contribution >= 4 is 5.69 Å². The SMILES string of the molecule is Cc1cccc(N)c1C1CCOCC1.